The minimum Gasteiger partial charge on any atom is -0.469 e. The van der Waals surface area contributed by atoms with Gasteiger partial charge >= 0.3 is 5.97 Å². The van der Waals surface area contributed by atoms with Gasteiger partial charge < -0.3 is 15.2 Å². The lowest BCUT2D eigenvalue weighted by Gasteiger charge is -2.07. The minimum atomic E-state index is -0.224. The van der Waals surface area contributed by atoms with E-state index in [9.17, 15) is 4.79 Å². The highest BCUT2D eigenvalue weighted by Crippen LogP contribution is 2.23. The monoisotopic (exact) mass is 272 g/mol. The molecule has 20 heavy (non-hydrogen) atoms. The number of ether oxygens (including phenoxy) is 2. The molecule has 104 valence electrons. The molecule has 2 aromatic rings. The Labute approximate surface area is 117 Å². The summed E-state index contributed by atoms with van der Waals surface area (Å²) in [5, 5.41) is 0. The van der Waals surface area contributed by atoms with Crippen molar-refractivity contribution in [1.82, 2.24) is 4.98 Å². The van der Waals surface area contributed by atoms with Crippen LogP contribution in [0.1, 0.15) is 12.0 Å². The summed E-state index contributed by atoms with van der Waals surface area (Å²) in [5.74, 6) is 1.50. The third-order valence-corrected chi connectivity index (χ3v) is 2.73. The number of benzene rings is 1. The maximum atomic E-state index is 11.1. The van der Waals surface area contributed by atoms with Gasteiger partial charge in [0.25, 0.3) is 0 Å². The summed E-state index contributed by atoms with van der Waals surface area (Å²) in [6.45, 7) is 0. The van der Waals surface area contributed by atoms with E-state index in [4.69, 9.17) is 10.5 Å². The summed E-state index contributed by atoms with van der Waals surface area (Å²) in [4.78, 5) is 15.0. The summed E-state index contributed by atoms with van der Waals surface area (Å²) in [7, 11) is 1.38. The van der Waals surface area contributed by atoms with E-state index in [1.165, 1.54) is 7.11 Å². The lowest BCUT2D eigenvalue weighted by molar-refractivity contribution is -0.140. The highest BCUT2D eigenvalue weighted by molar-refractivity contribution is 5.69. The second-order valence-electron chi connectivity index (χ2n) is 4.24. The Bertz CT molecular complexity index is 599. The van der Waals surface area contributed by atoms with Gasteiger partial charge in [-0.1, -0.05) is 12.1 Å². The second-order valence-corrected chi connectivity index (χ2v) is 4.24. The van der Waals surface area contributed by atoms with Gasteiger partial charge in [-0.3, -0.25) is 4.79 Å². The van der Waals surface area contributed by atoms with E-state index in [0.29, 0.717) is 30.2 Å². The fourth-order valence-corrected chi connectivity index (χ4v) is 1.74. The summed E-state index contributed by atoms with van der Waals surface area (Å²) in [6.07, 6.45) is 2.55. The van der Waals surface area contributed by atoms with Crippen LogP contribution in [0.3, 0.4) is 0 Å². The van der Waals surface area contributed by atoms with Crippen LogP contribution in [0.5, 0.6) is 11.5 Å². The molecular formula is C15H16N2O3. The molecule has 2 N–H and O–H groups in total. The molecule has 1 aromatic heterocycles. The summed E-state index contributed by atoms with van der Waals surface area (Å²) in [6, 6.07) is 10.9. The molecule has 0 fully saturated rings. The van der Waals surface area contributed by atoms with Gasteiger partial charge in [0.1, 0.15) is 17.3 Å². The zero-order valence-electron chi connectivity index (χ0n) is 11.2. The molecule has 0 bridgehead atoms. The Morgan fingerprint density at radius 3 is 2.80 bits per heavy atom. The fraction of sp³-hybridized carbons (Fsp3) is 0.200. The van der Waals surface area contributed by atoms with Gasteiger partial charge in [0.05, 0.1) is 7.11 Å². The van der Waals surface area contributed by atoms with Crippen molar-refractivity contribution in [3.05, 3.63) is 48.2 Å². The van der Waals surface area contributed by atoms with Crippen molar-refractivity contribution in [3.63, 3.8) is 0 Å². The molecule has 1 heterocycles. The molecule has 5 nitrogen and oxygen atoms in total. The summed E-state index contributed by atoms with van der Waals surface area (Å²) < 4.78 is 10.3. The van der Waals surface area contributed by atoms with Crippen molar-refractivity contribution in [2.24, 2.45) is 0 Å². The van der Waals surface area contributed by atoms with Gasteiger partial charge in [0.15, 0.2) is 0 Å². The van der Waals surface area contributed by atoms with Crippen LogP contribution in [-0.4, -0.2) is 18.1 Å². The van der Waals surface area contributed by atoms with Gasteiger partial charge in [0.2, 0.25) is 0 Å². The topological polar surface area (TPSA) is 74.4 Å². The quantitative estimate of drug-likeness (QED) is 0.847. The molecule has 0 aliphatic rings. The van der Waals surface area contributed by atoms with Crippen molar-refractivity contribution in [2.45, 2.75) is 12.8 Å². The van der Waals surface area contributed by atoms with Crippen molar-refractivity contribution in [1.29, 1.82) is 0 Å². The van der Waals surface area contributed by atoms with Crippen LogP contribution in [0, 0.1) is 0 Å². The van der Waals surface area contributed by atoms with E-state index in [1.807, 2.05) is 24.3 Å². The number of carbonyl (C=O) groups is 1. The lowest BCUT2D eigenvalue weighted by Crippen LogP contribution is -2.01. The van der Waals surface area contributed by atoms with E-state index in [0.717, 1.165) is 5.56 Å². The molecule has 0 aliphatic carbocycles. The maximum Gasteiger partial charge on any atom is 0.305 e. The number of nitrogen functional groups attached to an aromatic ring is 1. The van der Waals surface area contributed by atoms with Gasteiger partial charge in [0, 0.05) is 18.7 Å². The molecule has 0 radical (unpaired) electrons. The number of pyridine rings is 1. The Kier molecular flexibility index (Phi) is 4.55. The normalized spacial score (nSPS) is 10.1. The van der Waals surface area contributed by atoms with E-state index in [-0.39, 0.29) is 5.97 Å². The number of esters is 1. The highest BCUT2D eigenvalue weighted by atomic mass is 16.5. The molecule has 0 amide bonds. The number of hydrogen-bond donors (Lipinski definition) is 1. The SMILES string of the molecule is COC(=O)CCc1cccc(Oc2ccnc(N)c2)c1. The smallest absolute Gasteiger partial charge is 0.305 e. The van der Waals surface area contributed by atoms with Crippen LogP contribution in [0.4, 0.5) is 5.82 Å². The molecule has 2 rings (SSSR count). The average molecular weight is 272 g/mol. The Hall–Kier alpha value is -2.56. The molecule has 0 spiro atoms. The number of nitrogens with zero attached hydrogens (tertiary/aromatic N) is 1. The summed E-state index contributed by atoms with van der Waals surface area (Å²) >= 11 is 0. The first-order chi connectivity index (χ1) is 9.67. The highest BCUT2D eigenvalue weighted by Gasteiger charge is 2.03. The van der Waals surface area contributed by atoms with Crippen LogP contribution in [0.2, 0.25) is 0 Å². The lowest BCUT2D eigenvalue weighted by atomic mass is 10.1. The van der Waals surface area contributed by atoms with E-state index >= 15 is 0 Å². The fourth-order valence-electron chi connectivity index (χ4n) is 1.74. The number of aryl methyl sites for hydroxylation is 1. The molecule has 0 unspecified atom stereocenters. The standard InChI is InChI=1S/C15H16N2O3/c1-19-15(18)6-5-11-3-2-4-12(9-11)20-13-7-8-17-14(16)10-13/h2-4,7-10H,5-6H2,1H3,(H2,16,17). The van der Waals surface area contributed by atoms with Crippen molar-refractivity contribution < 1.29 is 14.3 Å². The number of rotatable bonds is 5. The zero-order chi connectivity index (χ0) is 14.4. The van der Waals surface area contributed by atoms with E-state index in [1.54, 1.807) is 18.3 Å². The van der Waals surface area contributed by atoms with Crippen LogP contribution >= 0.6 is 0 Å². The largest absolute Gasteiger partial charge is 0.469 e. The van der Waals surface area contributed by atoms with Crippen LogP contribution < -0.4 is 10.5 Å². The third-order valence-electron chi connectivity index (χ3n) is 2.73. The van der Waals surface area contributed by atoms with Gasteiger partial charge in [-0.15, -0.1) is 0 Å². The molecule has 0 aliphatic heterocycles. The minimum absolute atomic E-state index is 0.224. The van der Waals surface area contributed by atoms with Gasteiger partial charge in [-0.2, -0.15) is 0 Å². The average Bonchev–Trinajstić information content (AvgIpc) is 2.45. The number of methoxy groups -OCH3 is 1. The number of carbonyl (C=O) groups excluding carboxylic acids is 1. The first-order valence-corrected chi connectivity index (χ1v) is 6.22. The Morgan fingerprint density at radius 2 is 2.05 bits per heavy atom. The number of aromatic nitrogens is 1. The van der Waals surface area contributed by atoms with Crippen molar-refractivity contribution in [2.75, 3.05) is 12.8 Å². The summed E-state index contributed by atoms with van der Waals surface area (Å²) in [5.41, 5.74) is 6.61. The van der Waals surface area contributed by atoms with Gasteiger partial charge in [-0.05, 0) is 30.2 Å². The molecule has 0 saturated carbocycles. The van der Waals surface area contributed by atoms with E-state index in [2.05, 4.69) is 9.72 Å². The van der Waals surface area contributed by atoms with Crippen molar-refractivity contribution in [3.8, 4) is 11.5 Å². The number of nitrogens with two attached hydrogens (primary N) is 1. The Morgan fingerprint density at radius 1 is 1.25 bits per heavy atom. The predicted molar refractivity (Wildman–Crippen MR) is 75.5 cm³/mol. The van der Waals surface area contributed by atoms with Crippen LogP contribution in [0.25, 0.3) is 0 Å². The van der Waals surface area contributed by atoms with Crippen LogP contribution in [0.15, 0.2) is 42.6 Å². The van der Waals surface area contributed by atoms with Crippen LogP contribution in [-0.2, 0) is 16.0 Å². The van der Waals surface area contributed by atoms with Crippen molar-refractivity contribution >= 4 is 11.8 Å². The first kappa shape index (κ1) is 13.9. The Balaban J connectivity index is 2.04. The molecule has 0 saturated heterocycles. The van der Waals surface area contributed by atoms with E-state index < -0.39 is 0 Å². The predicted octanol–water partition coefficient (Wildman–Crippen LogP) is 2.56. The third kappa shape index (κ3) is 3.98. The molecular weight excluding hydrogens is 256 g/mol. The van der Waals surface area contributed by atoms with Gasteiger partial charge in [-0.25, -0.2) is 4.98 Å². The molecule has 0 atom stereocenters. The molecule has 1 aromatic carbocycles. The number of hydrogen-bond acceptors (Lipinski definition) is 5. The molecule has 5 heteroatoms. The zero-order valence-corrected chi connectivity index (χ0v) is 11.2. The first-order valence-electron chi connectivity index (χ1n) is 6.22. The second kappa shape index (κ2) is 6.56. The maximum absolute atomic E-state index is 11.1. The number of anilines is 1.